The fourth-order valence-corrected chi connectivity index (χ4v) is 1.55. The van der Waals surface area contributed by atoms with Crippen LogP contribution in [0.15, 0.2) is 12.3 Å². The van der Waals surface area contributed by atoms with Crippen LogP contribution >= 0.6 is 0 Å². The predicted octanol–water partition coefficient (Wildman–Crippen LogP) is 4.06. The number of hydrogen-bond donors (Lipinski definition) is 0. The summed E-state index contributed by atoms with van der Waals surface area (Å²) in [5, 5.41) is 0. The van der Waals surface area contributed by atoms with E-state index in [9.17, 15) is 0 Å². The Hall–Kier alpha value is -0.460. The molecule has 1 nitrogen and oxygen atoms in total. The minimum Gasteiger partial charge on any atom is -0.371 e. The summed E-state index contributed by atoms with van der Waals surface area (Å²) in [5.41, 5.74) is 1.76. The number of allylic oxidation sites excluding steroid dienone is 1. The maximum Gasteiger partial charge on any atom is 0.0314 e. The molecule has 0 amide bonds. The van der Waals surface area contributed by atoms with Gasteiger partial charge in [0.1, 0.15) is 0 Å². The van der Waals surface area contributed by atoms with Gasteiger partial charge in [0.2, 0.25) is 0 Å². The molecule has 0 aromatic heterocycles. The standard InChI is InChI=1S/C13H27N/c1-11(2)14(13(6,7)8)10-9-12(3,4)5/h1,9-10H2,2-8H3. The lowest BCUT2D eigenvalue weighted by molar-refractivity contribution is 0.162. The van der Waals surface area contributed by atoms with E-state index in [0.29, 0.717) is 5.41 Å². The summed E-state index contributed by atoms with van der Waals surface area (Å²) in [7, 11) is 0. The van der Waals surface area contributed by atoms with Crippen molar-refractivity contribution >= 4 is 0 Å². The van der Waals surface area contributed by atoms with Gasteiger partial charge in [-0.1, -0.05) is 27.4 Å². The summed E-state index contributed by atoms with van der Waals surface area (Å²) in [6, 6.07) is 0. The SMILES string of the molecule is C=C(C)N(CCC(C)(C)C)C(C)(C)C. The Kier molecular flexibility index (Phi) is 4.23. The molecule has 0 unspecified atom stereocenters. The average molecular weight is 197 g/mol. The van der Waals surface area contributed by atoms with E-state index in [1.807, 2.05) is 0 Å². The zero-order chi connectivity index (χ0) is 11.6. The van der Waals surface area contributed by atoms with Gasteiger partial charge >= 0.3 is 0 Å². The van der Waals surface area contributed by atoms with E-state index in [1.54, 1.807) is 0 Å². The lowest BCUT2D eigenvalue weighted by Crippen LogP contribution is -2.41. The molecular weight excluding hydrogens is 170 g/mol. The van der Waals surface area contributed by atoms with E-state index < -0.39 is 0 Å². The van der Waals surface area contributed by atoms with Gasteiger partial charge in [-0.3, -0.25) is 0 Å². The third-order valence-corrected chi connectivity index (χ3v) is 2.36. The molecule has 0 aliphatic carbocycles. The van der Waals surface area contributed by atoms with Crippen molar-refractivity contribution in [2.45, 2.75) is 60.4 Å². The van der Waals surface area contributed by atoms with E-state index in [2.05, 4.69) is 59.9 Å². The molecule has 14 heavy (non-hydrogen) atoms. The summed E-state index contributed by atoms with van der Waals surface area (Å²) in [6.07, 6.45) is 1.21. The van der Waals surface area contributed by atoms with E-state index in [0.717, 1.165) is 6.54 Å². The lowest BCUT2D eigenvalue weighted by Gasteiger charge is -2.39. The third-order valence-electron chi connectivity index (χ3n) is 2.36. The van der Waals surface area contributed by atoms with Gasteiger partial charge in [0.05, 0.1) is 0 Å². The van der Waals surface area contributed by atoms with Gasteiger partial charge in [-0.2, -0.15) is 0 Å². The second-order valence-corrected chi connectivity index (χ2v) is 6.37. The smallest absolute Gasteiger partial charge is 0.0314 e. The summed E-state index contributed by atoms with van der Waals surface area (Å²) in [5.74, 6) is 0. The maximum atomic E-state index is 4.05. The monoisotopic (exact) mass is 197 g/mol. The highest BCUT2D eigenvalue weighted by atomic mass is 15.2. The van der Waals surface area contributed by atoms with Gasteiger partial charge in [0.25, 0.3) is 0 Å². The van der Waals surface area contributed by atoms with Crippen molar-refractivity contribution in [2.75, 3.05) is 6.54 Å². The van der Waals surface area contributed by atoms with Gasteiger partial charge in [-0.05, 0) is 39.5 Å². The molecule has 84 valence electrons. The number of nitrogens with zero attached hydrogens (tertiary/aromatic N) is 1. The summed E-state index contributed by atoms with van der Waals surface area (Å²) in [4.78, 5) is 2.39. The van der Waals surface area contributed by atoms with Crippen LogP contribution in [0.25, 0.3) is 0 Å². The fraction of sp³-hybridized carbons (Fsp3) is 0.846. The topological polar surface area (TPSA) is 3.24 Å². The van der Waals surface area contributed by atoms with E-state index in [-0.39, 0.29) is 5.54 Å². The van der Waals surface area contributed by atoms with E-state index >= 15 is 0 Å². The van der Waals surface area contributed by atoms with Crippen LogP contribution in [-0.2, 0) is 0 Å². The van der Waals surface area contributed by atoms with Crippen LogP contribution in [-0.4, -0.2) is 17.0 Å². The van der Waals surface area contributed by atoms with Gasteiger partial charge in [-0.15, -0.1) is 0 Å². The molecule has 0 aromatic rings. The Morgan fingerprint density at radius 1 is 1.07 bits per heavy atom. The maximum absolute atomic E-state index is 4.05. The van der Waals surface area contributed by atoms with Gasteiger partial charge in [-0.25, -0.2) is 0 Å². The van der Waals surface area contributed by atoms with E-state index in [4.69, 9.17) is 0 Å². The number of hydrogen-bond acceptors (Lipinski definition) is 1. The van der Waals surface area contributed by atoms with Crippen LogP contribution in [0.4, 0.5) is 0 Å². The van der Waals surface area contributed by atoms with Crippen molar-refractivity contribution in [3.63, 3.8) is 0 Å². The van der Waals surface area contributed by atoms with Crippen LogP contribution in [0, 0.1) is 5.41 Å². The molecule has 1 heteroatoms. The van der Waals surface area contributed by atoms with Crippen LogP contribution < -0.4 is 0 Å². The number of rotatable bonds is 3. The largest absolute Gasteiger partial charge is 0.371 e. The third kappa shape index (κ3) is 5.31. The molecule has 0 spiro atoms. The molecule has 0 atom stereocenters. The lowest BCUT2D eigenvalue weighted by atomic mass is 9.91. The molecule has 0 fully saturated rings. The first-order valence-electron chi connectivity index (χ1n) is 5.47. The van der Waals surface area contributed by atoms with Crippen molar-refractivity contribution in [1.29, 1.82) is 0 Å². The Balaban J connectivity index is 4.35. The molecule has 0 N–H and O–H groups in total. The Morgan fingerprint density at radius 3 is 1.71 bits per heavy atom. The quantitative estimate of drug-likeness (QED) is 0.659. The Morgan fingerprint density at radius 2 is 1.50 bits per heavy atom. The van der Waals surface area contributed by atoms with Crippen molar-refractivity contribution < 1.29 is 0 Å². The Bertz CT molecular complexity index is 190. The molecule has 0 bridgehead atoms. The van der Waals surface area contributed by atoms with Gasteiger partial charge in [0.15, 0.2) is 0 Å². The van der Waals surface area contributed by atoms with Gasteiger partial charge < -0.3 is 4.90 Å². The fourth-order valence-electron chi connectivity index (χ4n) is 1.55. The van der Waals surface area contributed by atoms with Gasteiger partial charge in [0, 0.05) is 17.8 Å². The van der Waals surface area contributed by atoms with Crippen LogP contribution in [0.3, 0.4) is 0 Å². The molecule has 0 aromatic carbocycles. The summed E-state index contributed by atoms with van der Waals surface area (Å²) >= 11 is 0. The summed E-state index contributed by atoms with van der Waals surface area (Å²) < 4.78 is 0. The first-order valence-corrected chi connectivity index (χ1v) is 5.47. The first-order chi connectivity index (χ1) is 6.04. The predicted molar refractivity (Wildman–Crippen MR) is 65.3 cm³/mol. The molecular formula is C13H27N. The first kappa shape index (κ1) is 13.5. The zero-order valence-electron chi connectivity index (χ0n) is 11.1. The van der Waals surface area contributed by atoms with Crippen LogP contribution in [0.5, 0.6) is 0 Å². The molecule has 0 aliphatic rings. The van der Waals surface area contributed by atoms with Crippen LogP contribution in [0.2, 0.25) is 0 Å². The molecule has 0 saturated heterocycles. The second-order valence-electron chi connectivity index (χ2n) is 6.37. The highest BCUT2D eigenvalue weighted by Crippen LogP contribution is 2.24. The van der Waals surface area contributed by atoms with E-state index in [1.165, 1.54) is 12.1 Å². The van der Waals surface area contributed by atoms with Crippen molar-refractivity contribution in [3.8, 4) is 0 Å². The normalized spacial score (nSPS) is 12.8. The molecule has 0 heterocycles. The second kappa shape index (κ2) is 4.37. The van der Waals surface area contributed by atoms with Crippen molar-refractivity contribution in [1.82, 2.24) is 4.90 Å². The molecule has 0 rings (SSSR count). The molecule has 0 radical (unpaired) electrons. The minimum absolute atomic E-state index is 0.192. The van der Waals surface area contributed by atoms with Crippen LogP contribution in [0.1, 0.15) is 54.9 Å². The highest BCUT2D eigenvalue weighted by molar-refractivity contribution is 4.95. The average Bonchev–Trinajstić information content (AvgIpc) is 1.79. The summed E-state index contributed by atoms with van der Waals surface area (Å²) in [6.45, 7) is 20.8. The molecule has 0 aliphatic heterocycles. The van der Waals surface area contributed by atoms with Crippen molar-refractivity contribution in [2.24, 2.45) is 5.41 Å². The zero-order valence-corrected chi connectivity index (χ0v) is 11.1. The van der Waals surface area contributed by atoms with Crippen molar-refractivity contribution in [3.05, 3.63) is 12.3 Å². The highest BCUT2D eigenvalue weighted by Gasteiger charge is 2.22. The molecule has 0 saturated carbocycles. The minimum atomic E-state index is 0.192. The Labute approximate surface area is 90.2 Å².